The van der Waals surface area contributed by atoms with Gasteiger partial charge >= 0.3 is 6.18 Å². The second-order valence-electron chi connectivity index (χ2n) is 5.38. The van der Waals surface area contributed by atoms with Gasteiger partial charge in [0.2, 0.25) is 0 Å². The summed E-state index contributed by atoms with van der Waals surface area (Å²) in [5, 5.41) is 11.4. The topological polar surface area (TPSA) is 45.0 Å². The van der Waals surface area contributed by atoms with E-state index in [-0.39, 0.29) is 5.03 Å². The minimum Gasteiger partial charge on any atom is -0.497 e. The first kappa shape index (κ1) is 18.2. The number of hydrogen-bond donors (Lipinski definition) is 1. The number of methoxy groups -OCH3 is 1. The molecule has 1 aromatic rings. The van der Waals surface area contributed by atoms with E-state index in [1.54, 1.807) is 45.0 Å². The van der Waals surface area contributed by atoms with E-state index in [0.29, 0.717) is 11.4 Å². The fourth-order valence-corrected chi connectivity index (χ4v) is 2.54. The summed E-state index contributed by atoms with van der Waals surface area (Å²) in [6.45, 7) is 5.33. The van der Waals surface area contributed by atoms with Crippen molar-refractivity contribution in [2.45, 2.75) is 31.7 Å². The van der Waals surface area contributed by atoms with Gasteiger partial charge in [0.05, 0.1) is 12.1 Å². The molecule has 0 aliphatic rings. The zero-order chi connectivity index (χ0) is 17.0. The third-order valence-electron chi connectivity index (χ3n) is 2.38. The third kappa shape index (κ3) is 5.53. The lowest BCUT2D eigenvalue weighted by Gasteiger charge is -2.23. The van der Waals surface area contributed by atoms with E-state index in [2.05, 4.69) is 5.32 Å². The number of ether oxygens (including phenoxy) is 1. The van der Waals surface area contributed by atoms with Gasteiger partial charge in [-0.15, -0.1) is 11.8 Å². The highest BCUT2D eigenvalue weighted by molar-refractivity contribution is 8.04. The first-order chi connectivity index (χ1) is 10.1. The molecular formula is C15H17F3N2OS. The maximum absolute atomic E-state index is 13.0. The molecule has 0 aromatic heterocycles. The van der Waals surface area contributed by atoms with E-state index in [9.17, 15) is 13.2 Å². The average molecular weight is 330 g/mol. The number of benzene rings is 1. The highest BCUT2D eigenvalue weighted by Gasteiger charge is 2.38. The minimum atomic E-state index is -4.71. The first-order valence-corrected chi connectivity index (χ1v) is 7.20. The molecule has 0 radical (unpaired) electrons. The van der Waals surface area contributed by atoms with Crippen LogP contribution in [-0.4, -0.2) is 18.0 Å². The molecule has 0 saturated carbocycles. The zero-order valence-corrected chi connectivity index (χ0v) is 13.5. The minimum absolute atomic E-state index is 0.215. The summed E-state index contributed by atoms with van der Waals surface area (Å²) < 4.78 is 43.6. The summed E-state index contributed by atoms with van der Waals surface area (Å²) in [7, 11) is 1.50. The Balaban J connectivity index is 3.21. The average Bonchev–Trinajstić information content (AvgIpc) is 2.36. The van der Waals surface area contributed by atoms with Crippen molar-refractivity contribution >= 4 is 17.4 Å². The molecule has 0 fully saturated rings. The monoisotopic (exact) mass is 330 g/mol. The summed E-state index contributed by atoms with van der Waals surface area (Å²) in [6.07, 6.45) is -4.71. The highest BCUT2D eigenvalue weighted by atomic mass is 32.2. The van der Waals surface area contributed by atoms with Crippen molar-refractivity contribution in [3.63, 3.8) is 0 Å². The second kappa shape index (κ2) is 6.97. The lowest BCUT2D eigenvalue weighted by molar-refractivity contribution is -0.0876. The molecule has 0 aliphatic carbocycles. The van der Waals surface area contributed by atoms with E-state index < -0.39 is 16.5 Å². The normalized spacial score (nSPS) is 13.2. The number of nitrogens with one attached hydrogen (secondary N) is 1. The first-order valence-electron chi connectivity index (χ1n) is 6.38. The molecule has 1 rings (SSSR count). The molecule has 0 spiro atoms. The van der Waals surface area contributed by atoms with Crippen molar-refractivity contribution in [3.8, 4) is 11.8 Å². The maximum atomic E-state index is 13.0. The molecule has 0 bridgehead atoms. The number of thioether (sulfide) groups is 1. The largest absolute Gasteiger partial charge is 0.497 e. The van der Waals surface area contributed by atoms with E-state index in [1.165, 1.54) is 13.2 Å². The van der Waals surface area contributed by atoms with Gasteiger partial charge in [-0.05, 0) is 24.3 Å². The van der Waals surface area contributed by atoms with Crippen molar-refractivity contribution in [2.24, 2.45) is 0 Å². The molecule has 0 amide bonds. The number of anilines is 1. The summed E-state index contributed by atoms with van der Waals surface area (Å²) in [6, 6.07) is 7.69. The Morgan fingerprint density at radius 3 is 2.09 bits per heavy atom. The van der Waals surface area contributed by atoms with Crippen molar-refractivity contribution < 1.29 is 17.9 Å². The molecule has 0 atom stereocenters. The van der Waals surface area contributed by atoms with Crippen LogP contribution < -0.4 is 10.1 Å². The van der Waals surface area contributed by atoms with Crippen molar-refractivity contribution in [2.75, 3.05) is 12.4 Å². The van der Waals surface area contributed by atoms with Gasteiger partial charge < -0.3 is 10.1 Å². The van der Waals surface area contributed by atoms with Crippen LogP contribution in [0, 0.1) is 11.3 Å². The van der Waals surface area contributed by atoms with Crippen molar-refractivity contribution in [1.82, 2.24) is 0 Å². The van der Waals surface area contributed by atoms with Crippen molar-refractivity contribution in [1.29, 1.82) is 5.26 Å². The van der Waals surface area contributed by atoms with E-state index in [4.69, 9.17) is 10.00 Å². The Labute approximate surface area is 132 Å². The third-order valence-corrected chi connectivity index (χ3v) is 3.50. The van der Waals surface area contributed by atoms with Gasteiger partial charge in [-0.1, -0.05) is 20.8 Å². The van der Waals surface area contributed by atoms with Crippen LogP contribution in [0.2, 0.25) is 0 Å². The lowest BCUT2D eigenvalue weighted by atomic mass is 10.2. The molecule has 3 nitrogen and oxygen atoms in total. The van der Waals surface area contributed by atoms with E-state index in [0.717, 1.165) is 11.8 Å². The molecule has 1 N–H and O–H groups in total. The smallest absolute Gasteiger partial charge is 0.428 e. The molecule has 0 saturated heterocycles. The van der Waals surface area contributed by atoms with Crippen LogP contribution >= 0.6 is 11.8 Å². The number of halogens is 3. The number of hydrogen-bond acceptors (Lipinski definition) is 4. The van der Waals surface area contributed by atoms with Crippen LogP contribution in [0.25, 0.3) is 0 Å². The Kier molecular flexibility index (Phi) is 5.78. The quantitative estimate of drug-likeness (QED) is 0.795. The van der Waals surface area contributed by atoms with Crippen LogP contribution in [0.1, 0.15) is 20.8 Å². The number of allylic oxidation sites excluding steroid dienone is 1. The van der Waals surface area contributed by atoms with Crippen LogP contribution in [0.5, 0.6) is 5.75 Å². The maximum Gasteiger partial charge on any atom is 0.428 e. The standard InChI is InChI=1S/C15H17F3N2OS/c1-14(2,3)22-13(12(9-19)15(16,17)18)20-10-5-7-11(21-4)8-6-10/h5-8,20H,1-4H3/b13-12-. The molecule has 22 heavy (non-hydrogen) atoms. The van der Waals surface area contributed by atoms with E-state index >= 15 is 0 Å². The molecule has 120 valence electrons. The summed E-state index contributed by atoms with van der Waals surface area (Å²) in [5.41, 5.74) is -0.784. The Morgan fingerprint density at radius 1 is 1.18 bits per heavy atom. The number of rotatable bonds is 4. The van der Waals surface area contributed by atoms with Crippen LogP contribution in [0.15, 0.2) is 34.9 Å². The fourth-order valence-electron chi connectivity index (χ4n) is 1.49. The van der Waals surface area contributed by atoms with Gasteiger partial charge in [-0.2, -0.15) is 18.4 Å². The molecule has 1 aromatic carbocycles. The SMILES string of the molecule is COc1ccc(N/C(SC(C)(C)C)=C(\C#N)C(F)(F)F)cc1. The Morgan fingerprint density at radius 2 is 1.73 bits per heavy atom. The Bertz CT molecular complexity index is 581. The second-order valence-corrected chi connectivity index (χ2v) is 7.22. The molecule has 0 aliphatic heterocycles. The summed E-state index contributed by atoms with van der Waals surface area (Å²) >= 11 is 0.961. The number of nitriles is 1. The highest BCUT2D eigenvalue weighted by Crippen LogP contribution is 2.38. The van der Waals surface area contributed by atoms with Gasteiger partial charge in [0.1, 0.15) is 11.8 Å². The molecule has 7 heteroatoms. The molecule has 0 heterocycles. The van der Waals surface area contributed by atoms with Crippen LogP contribution in [-0.2, 0) is 0 Å². The van der Waals surface area contributed by atoms with Gasteiger partial charge in [0.25, 0.3) is 0 Å². The summed E-state index contributed by atoms with van der Waals surface area (Å²) in [4.78, 5) is 0. The van der Waals surface area contributed by atoms with Crippen LogP contribution in [0.3, 0.4) is 0 Å². The predicted molar refractivity (Wildman–Crippen MR) is 82.7 cm³/mol. The van der Waals surface area contributed by atoms with Gasteiger partial charge in [0, 0.05) is 10.4 Å². The molecule has 0 unspecified atom stereocenters. The van der Waals surface area contributed by atoms with Gasteiger partial charge in [0.15, 0.2) is 5.57 Å². The predicted octanol–water partition coefficient (Wildman–Crippen LogP) is 4.94. The summed E-state index contributed by atoms with van der Waals surface area (Å²) in [5.74, 6) is 0.593. The van der Waals surface area contributed by atoms with Crippen molar-refractivity contribution in [3.05, 3.63) is 34.9 Å². The zero-order valence-electron chi connectivity index (χ0n) is 12.7. The van der Waals surface area contributed by atoms with Crippen LogP contribution in [0.4, 0.5) is 18.9 Å². The number of nitrogens with zero attached hydrogens (tertiary/aromatic N) is 1. The fraction of sp³-hybridized carbons (Fsp3) is 0.400. The Hall–Kier alpha value is -1.81. The number of alkyl halides is 3. The van der Waals surface area contributed by atoms with E-state index in [1.807, 2.05) is 0 Å². The lowest BCUT2D eigenvalue weighted by Crippen LogP contribution is -2.19. The molecular weight excluding hydrogens is 313 g/mol. The van der Waals surface area contributed by atoms with Gasteiger partial charge in [-0.3, -0.25) is 0 Å². The van der Waals surface area contributed by atoms with Gasteiger partial charge in [-0.25, -0.2) is 0 Å².